The Labute approximate surface area is 91.5 Å². The van der Waals surface area contributed by atoms with Gasteiger partial charge in [0.1, 0.15) is 5.52 Å². The van der Waals surface area contributed by atoms with Crippen LogP contribution in [0.15, 0.2) is 27.4 Å². The van der Waals surface area contributed by atoms with Gasteiger partial charge in [0.2, 0.25) is 0 Å². The Morgan fingerprint density at radius 2 is 2.29 bits per heavy atom. The molecule has 0 aliphatic rings. The summed E-state index contributed by atoms with van der Waals surface area (Å²) in [5.41, 5.74) is 3.09. The molecule has 0 radical (unpaired) electrons. The third-order valence-corrected chi connectivity index (χ3v) is 2.85. The van der Waals surface area contributed by atoms with Crippen molar-refractivity contribution in [3.63, 3.8) is 0 Å². The van der Waals surface area contributed by atoms with Crippen molar-refractivity contribution in [1.29, 1.82) is 0 Å². The average molecular weight is 254 g/mol. The number of halogens is 1. The van der Waals surface area contributed by atoms with E-state index in [1.54, 1.807) is 0 Å². The highest BCUT2D eigenvalue weighted by Gasteiger charge is 2.05. The smallest absolute Gasteiger partial charge is 0.182 e. The largest absolute Gasteiger partial charge is 0.442 e. The van der Waals surface area contributed by atoms with E-state index in [1.807, 2.05) is 0 Å². The highest BCUT2D eigenvalue weighted by molar-refractivity contribution is 9.10. The van der Waals surface area contributed by atoms with Crippen LogP contribution in [0.2, 0.25) is 0 Å². The number of aromatic nitrogens is 1. The zero-order valence-electron chi connectivity index (χ0n) is 8.09. The maximum absolute atomic E-state index is 5.25. The van der Waals surface area contributed by atoms with Gasteiger partial charge in [-0.25, -0.2) is 4.98 Å². The molecule has 0 aliphatic carbocycles. The highest BCUT2D eigenvalue weighted by Crippen LogP contribution is 2.25. The first-order valence-electron chi connectivity index (χ1n) is 4.83. The zero-order chi connectivity index (χ0) is 9.97. The zero-order valence-corrected chi connectivity index (χ0v) is 9.67. The van der Waals surface area contributed by atoms with Gasteiger partial charge < -0.3 is 4.42 Å². The van der Waals surface area contributed by atoms with Gasteiger partial charge in [-0.1, -0.05) is 13.3 Å². The molecule has 0 N–H and O–H groups in total. The molecule has 2 nitrogen and oxygen atoms in total. The number of hydrogen-bond acceptors (Lipinski definition) is 2. The minimum absolute atomic E-state index is 0.838. The Balaban J connectivity index is 2.38. The topological polar surface area (TPSA) is 26.0 Å². The molecule has 2 aromatic rings. The molecule has 0 unspecified atom stereocenters. The summed E-state index contributed by atoms with van der Waals surface area (Å²) in [7, 11) is 0. The van der Waals surface area contributed by atoms with E-state index in [9.17, 15) is 0 Å². The number of aryl methyl sites for hydroxylation is 1. The fourth-order valence-electron chi connectivity index (χ4n) is 1.51. The molecule has 0 bridgehead atoms. The summed E-state index contributed by atoms with van der Waals surface area (Å²) < 4.78 is 6.25. The highest BCUT2D eigenvalue weighted by atomic mass is 79.9. The van der Waals surface area contributed by atoms with Gasteiger partial charge in [0.05, 0.1) is 4.47 Å². The minimum Gasteiger partial charge on any atom is -0.442 e. The lowest BCUT2D eigenvalue weighted by Gasteiger charge is -2.00. The standard InChI is InChI=1S/C11H12BrNO/c1-2-3-4-8-5-9(12)11-10(6-8)13-7-14-11/h5-7H,2-4H2,1H3. The molecule has 0 saturated carbocycles. The van der Waals surface area contributed by atoms with E-state index >= 15 is 0 Å². The van der Waals surface area contributed by atoms with E-state index in [2.05, 4.69) is 40.0 Å². The quantitative estimate of drug-likeness (QED) is 0.829. The van der Waals surface area contributed by atoms with Crippen LogP contribution < -0.4 is 0 Å². The number of benzene rings is 1. The molecular formula is C11H12BrNO. The molecule has 0 amide bonds. The van der Waals surface area contributed by atoms with E-state index in [0.717, 1.165) is 22.0 Å². The van der Waals surface area contributed by atoms with Crippen LogP contribution >= 0.6 is 15.9 Å². The van der Waals surface area contributed by atoms with Gasteiger partial charge in [-0.3, -0.25) is 0 Å². The summed E-state index contributed by atoms with van der Waals surface area (Å²) >= 11 is 3.49. The van der Waals surface area contributed by atoms with E-state index in [-0.39, 0.29) is 0 Å². The molecule has 0 aliphatic heterocycles. The summed E-state index contributed by atoms with van der Waals surface area (Å²) in [4.78, 5) is 4.15. The predicted octanol–water partition coefficient (Wildman–Crippen LogP) is 3.93. The number of nitrogens with zero attached hydrogens (tertiary/aromatic N) is 1. The second kappa shape index (κ2) is 4.13. The van der Waals surface area contributed by atoms with Crippen molar-refractivity contribution in [2.24, 2.45) is 0 Å². The van der Waals surface area contributed by atoms with E-state index in [4.69, 9.17) is 4.42 Å². The van der Waals surface area contributed by atoms with Crippen molar-refractivity contribution in [3.05, 3.63) is 28.6 Å². The lowest BCUT2D eigenvalue weighted by atomic mass is 10.1. The van der Waals surface area contributed by atoms with Gasteiger partial charge in [0.25, 0.3) is 0 Å². The van der Waals surface area contributed by atoms with Crippen LogP contribution in [0.25, 0.3) is 11.1 Å². The van der Waals surface area contributed by atoms with Gasteiger partial charge in [-0.05, 0) is 46.5 Å². The maximum Gasteiger partial charge on any atom is 0.182 e. The first-order valence-corrected chi connectivity index (χ1v) is 5.62. The molecule has 74 valence electrons. The molecule has 1 aromatic heterocycles. The first-order chi connectivity index (χ1) is 6.81. The SMILES string of the molecule is CCCCc1cc(Br)c2ocnc2c1. The molecule has 14 heavy (non-hydrogen) atoms. The van der Waals surface area contributed by atoms with E-state index < -0.39 is 0 Å². The van der Waals surface area contributed by atoms with Gasteiger partial charge in [-0.15, -0.1) is 0 Å². The van der Waals surface area contributed by atoms with Crippen LogP contribution in [0.3, 0.4) is 0 Å². The van der Waals surface area contributed by atoms with Crippen molar-refractivity contribution >= 4 is 27.0 Å². The minimum atomic E-state index is 0.838. The maximum atomic E-state index is 5.25. The Morgan fingerprint density at radius 1 is 1.43 bits per heavy atom. The Kier molecular flexibility index (Phi) is 2.87. The normalized spacial score (nSPS) is 11.0. The molecule has 0 saturated heterocycles. The predicted molar refractivity (Wildman–Crippen MR) is 60.3 cm³/mol. The third kappa shape index (κ3) is 1.82. The second-order valence-electron chi connectivity index (χ2n) is 3.38. The van der Waals surface area contributed by atoms with Crippen molar-refractivity contribution < 1.29 is 4.42 Å². The fraction of sp³-hybridized carbons (Fsp3) is 0.364. The number of oxazole rings is 1. The summed E-state index contributed by atoms with van der Waals surface area (Å²) in [6.45, 7) is 2.20. The number of rotatable bonds is 3. The van der Waals surface area contributed by atoms with Gasteiger partial charge in [0.15, 0.2) is 12.0 Å². The van der Waals surface area contributed by atoms with Crippen LogP contribution in [0.4, 0.5) is 0 Å². The van der Waals surface area contributed by atoms with E-state index in [1.165, 1.54) is 24.8 Å². The lowest BCUT2D eigenvalue weighted by Crippen LogP contribution is -1.85. The molecular weight excluding hydrogens is 242 g/mol. The number of hydrogen-bond donors (Lipinski definition) is 0. The summed E-state index contributed by atoms with van der Waals surface area (Å²) in [6.07, 6.45) is 5.03. The van der Waals surface area contributed by atoms with Crippen molar-refractivity contribution in [1.82, 2.24) is 4.98 Å². The molecule has 0 spiro atoms. The average Bonchev–Trinajstić information content (AvgIpc) is 2.63. The molecule has 1 aromatic carbocycles. The number of unbranched alkanes of at least 4 members (excludes halogenated alkanes) is 1. The van der Waals surface area contributed by atoms with E-state index in [0.29, 0.717) is 0 Å². The summed E-state index contributed by atoms with van der Waals surface area (Å²) in [6, 6.07) is 4.21. The van der Waals surface area contributed by atoms with Crippen LogP contribution in [0.5, 0.6) is 0 Å². The van der Waals surface area contributed by atoms with Gasteiger partial charge in [0, 0.05) is 0 Å². The number of fused-ring (bicyclic) bond motifs is 1. The molecule has 2 rings (SSSR count). The molecule has 0 atom stereocenters. The van der Waals surface area contributed by atoms with Crippen molar-refractivity contribution in [2.75, 3.05) is 0 Å². The molecule has 1 heterocycles. The fourth-order valence-corrected chi connectivity index (χ4v) is 2.10. The molecule has 0 fully saturated rings. The van der Waals surface area contributed by atoms with Crippen LogP contribution in [-0.2, 0) is 6.42 Å². The first kappa shape index (κ1) is 9.71. The van der Waals surface area contributed by atoms with Gasteiger partial charge >= 0.3 is 0 Å². The Morgan fingerprint density at radius 3 is 3.07 bits per heavy atom. The van der Waals surface area contributed by atoms with Crippen molar-refractivity contribution in [3.8, 4) is 0 Å². The molecule has 3 heteroatoms. The van der Waals surface area contributed by atoms with Crippen LogP contribution in [-0.4, -0.2) is 4.98 Å². The van der Waals surface area contributed by atoms with Crippen LogP contribution in [0.1, 0.15) is 25.3 Å². The van der Waals surface area contributed by atoms with Crippen molar-refractivity contribution in [2.45, 2.75) is 26.2 Å². The summed E-state index contributed by atoms with van der Waals surface area (Å²) in [5, 5.41) is 0. The Bertz CT molecular complexity index is 436. The Hall–Kier alpha value is -0.830. The van der Waals surface area contributed by atoms with Crippen LogP contribution in [0, 0.1) is 0 Å². The van der Waals surface area contributed by atoms with Gasteiger partial charge in [-0.2, -0.15) is 0 Å². The lowest BCUT2D eigenvalue weighted by molar-refractivity contribution is 0.600. The second-order valence-corrected chi connectivity index (χ2v) is 4.24. The summed E-state index contributed by atoms with van der Waals surface area (Å²) in [5.74, 6) is 0. The monoisotopic (exact) mass is 253 g/mol. The third-order valence-electron chi connectivity index (χ3n) is 2.27.